The summed E-state index contributed by atoms with van der Waals surface area (Å²) in [6.07, 6.45) is 0. The van der Waals surface area contributed by atoms with E-state index < -0.39 is 0 Å². The Labute approximate surface area is 136 Å². The number of rotatable bonds is 5. The lowest BCUT2D eigenvalue weighted by Gasteiger charge is -2.21. The molecule has 0 saturated heterocycles. The highest BCUT2D eigenvalue weighted by molar-refractivity contribution is 7.80. The molecule has 2 rings (SSSR count). The summed E-state index contributed by atoms with van der Waals surface area (Å²) in [5, 5.41) is 5.60. The van der Waals surface area contributed by atoms with E-state index in [0.717, 1.165) is 29.4 Å². The summed E-state index contributed by atoms with van der Waals surface area (Å²) in [7, 11) is 0. The molecule has 5 heteroatoms. The molecule has 0 aliphatic rings. The van der Waals surface area contributed by atoms with E-state index >= 15 is 0 Å². The number of para-hydroxylation sites is 1. The molecule has 2 amide bonds. The van der Waals surface area contributed by atoms with Crippen LogP contribution in [0.25, 0.3) is 0 Å². The van der Waals surface area contributed by atoms with Gasteiger partial charge in [0.25, 0.3) is 0 Å². The van der Waals surface area contributed by atoms with Gasteiger partial charge in [0.1, 0.15) is 0 Å². The SMILES string of the molecule is CCN(CC)c1ccc(NC(=O)Nc2ccccc2S)cc1. The van der Waals surface area contributed by atoms with Gasteiger partial charge in [0, 0.05) is 29.4 Å². The molecule has 22 heavy (non-hydrogen) atoms. The minimum absolute atomic E-state index is 0.280. The van der Waals surface area contributed by atoms with Crippen molar-refractivity contribution in [1.29, 1.82) is 0 Å². The number of carbonyl (C=O) groups is 1. The normalized spacial score (nSPS) is 10.1. The maximum atomic E-state index is 12.0. The highest BCUT2D eigenvalue weighted by Crippen LogP contribution is 2.20. The smallest absolute Gasteiger partial charge is 0.323 e. The Hall–Kier alpha value is -2.14. The fraction of sp³-hybridized carbons (Fsp3) is 0.235. The van der Waals surface area contributed by atoms with Crippen molar-refractivity contribution in [3.05, 3.63) is 48.5 Å². The molecule has 0 bridgehead atoms. The summed E-state index contributed by atoms with van der Waals surface area (Å²) in [6.45, 7) is 6.17. The van der Waals surface area contributed by atoms with Gasteiger partial charge in [0.05, 0.1) is 5.69 Å². The zero-order valence-electron chi connectivity index (χ0n) is 12.8. The fourth-order valence-corrected chi connectivity index (χ4v) is 2.42. The van der Waals surface area contributed by atoms with Crippen molar-refractivity contribution in [2.75, 3.05) is 28.6 Å². The number of urea groups is 1. The van der Waals surface area contributed by atoms with Crippen molar-refractivity contribution < 1.29 is 4.79 Å². The van der Waals surface area contributed by atoms with Gasteiger partial charge in [-0.3, -0.25) is 0 Å². The Bertz CT molecular complexity index is 624. The molecule has 116 valence electrons. The molecule has 0 unspecified atom stereocenters. The van der Waals surface area contributed by atoms with Gasteiger partial charge < -0.3 is 15.5 Å². The summed E-state index contributed by atoms with van der Waals surface area (Å²) in [6, 6.07) is 14.9. The van der Waals surface area contributed by atoms with E-state index in [2.05, 4.69) is 42.0 Å². The summed E-state index contributed by atoms with van der Waals surface area (Å²) >= 11 is 4.31. The molecule has 0 saturated carbocycles. The highest BCUT2D eigenvalue weighted by atomic mass is 32.1. The van der Waals surface area contributed by atoms with E-state index in [0.29, 0.717) is 5.69 Å². The van der Waals surface area contributed by atoms with Crippen molar-refractivity contribution in [3.63, 3.8) is 0 Å². The average molecular weight is 315 g/mol. The third kappa shape index (κ3) is 4.18. The highest BCUT2D eigenvalue weighted by Gasteiger charge is 2.06. The van der Waals surface area contributed by atoms with Gasteiger partial charge in [-0.15, -0.1) is 12.6 Å². The van der Waals surface area contributed by atoms with E-state index in [9.17, 15) is 4.79 Å². The second-order valence-corrected chi connectivity index (χ2v) is 5.30. The number of hydrogen-bond acceptors (Lipinski definition) is 3. The molecule has 0 fully saturated rings. The number of hydrogen-bond donors (Lipinski definition) is 3. The van der Waals surface area contributed by atoms with E-state index in [4.69, 9.17) is 0 Å². The van der Waals surface area contributed by atoms with Gasteiger partial charge in [0.15, 0.2) is 0 Å². The summed E-state index contributed by atoms with van der Waals surface area (Å²) in [5.41, 5.74) is 2.59. The number of benzene rings is 2. The van der Waals surface area contributed by atoms with Gasteiger partial charge >= 0.3 is 6.03 Å². The summed E-state index contributed by atoms with van der Waals surface area (Å²) < 4.78 is 0. The second kappa shape index (κ2) is 7.75. The Balaban J connectivity index is 1.99. The quantitative estimate of drug-likeness (QED) is 0.713. The Morgan fingerprint density at radius 2 is 1.64 bits per heavy atom. The molecule has 2 aromatic carbocycles. The van der Waals surface area contributed by atoms with Crippen molar-refractivity contribution in [2.24, 2.45) is 0 Å². The van der Waals surface area contributed by atoms with Crippen LogP contribution in [-0.4, -0.2) is 19.1 Å². The van der Waals surface area contributed by atoms with E-state index in [1.165, 1.54) is 0 Å². The molecule has 2 aromatic rings. The molecule has 0 aliphatic heterocycles. The van der Waals surface area contributed by atoms with Crippen LogP contribution in [0.4, 0.5) is 21.9 Å². The number of amides is 2. The first-order valence-corrected chi connectivity index (χ1v) is 7.79. The largest absolute Gasteiger partial charge is 0.372 e. The average Bonchev–Trinajstić information content (AvgIpc) is 2.52. The van der Waals surface area contributed by atoms with Gasteiger partial charge in [-0.25, -0.2) is 4.79 Å². The second-order valence-electron chi connectivity index (χ2n) is 4.82. The lowest BCUT2D eigenvalue weighted by Crippen LogP contribution is -2.22. The third-order valence-electron chi connectivity index (χ3n) is 3.41. The van der Waals surface area contributed by atoms with E-state index in [1.54, 1.807) is 0 Å². The molecule has 2 N–H and O–H groups in total. The lowest BCUT2D eigenvalue weighted by molar-refractivity contribution is 0.262. The van der Waals surface area contributed by atoms with Gasteiger partial charge in [-0.1, -0.05) is 12.1 Å². The van der Waals surface area contributed by atoms with Gasteiger partial charge in [0.2, 0.25) is 0 Å². The lowest BCUT2D eigenvalue weighted by atomic mass is 10.2. The molecule has 0 aromatic heterocycles. The fourth-order valence-electron chi connectivity index (χ4n) is 2.21. The number of anilines is 3. The van der Waals surface area contributed by atoms with Crippen molar-refractivity contribution in [2.45, 2.75) is 18.7 Å². The van der Waals surface area contributed by atoms with Gasteiger partial charge in [-0.05, 0) is 50.2 Å². The van der Waals surface area contributed by atoms with Crippen LogP contribution in [0, 0.1) is 0 Å². The molecule has 4 nitrogen and oxygen atoms in total. The van der Waals surface area contributed by atoms with Crippen LogP contribution in [0.15, 0.2) is 53.4 Å². The van der Waals surface area contributed by atoms with Crippen LogP contribution in [0.5, 0.6) is 0 Å². The number of thiol groups is 1. The van der Waals surface area contributed by atoms with Crippen LogP contribution in [0.2, 0.25) is 0 Å². The van der Waals surface area contributed by atoms with Crippen LogP contribution >= 0.6 is 12.6 Å². The molecular formula is C17H21N3OS. The standard InChI is InChI=1S/C17H21N3OS/c1-3-20(4-2)14-11-9-13(10-12-14)18-17(21)19-15-7-5-6-8-16(15)22/h5-12,22H,3-4H2,1-2H3,(H2,18,19,21). The van der Waals surface area contributed by atoms with Crippen molar-refractivity contribution >= 4 is 35.7 Å². The van der Waals surface area contributed by atoms with Crippen LogP contribution < -0.4 is 15.5 Å². The zero-order valence-corrected chi connectivity index (χ0v) is 13.7. The predicted molar refractivity (Wildman–Crippen MR) is 96.3 cm³/mol. The predicted octanol–water partition coefficient (Wildman–Crippen LogP) is 4.47. The number of nitrogens with one attached hydrogen (secondary N) is 2. The number of nitrogens with zero attached hydrogens (tertiary/aromatic N) is 1. The minimum atomic E-state index is -0.280. The van der Waals surface area contributed by atoms with E-state index in [1.807, 2.05) is 48.5 Å². The Kier molecular flexibility index (Phi) is 5.72. The van der Waals surface area contributed by atoms with Crippen molar-refractivity contribution in [1.82, 2.24) is 0 Å². The third-order valence-corrected chi connectivity index (χ3v) is 3.80. The monoisotopic (exact) mass is 315 g/mol. The van der Waals surface area contributed by atoms with E-state index in [-0.39, 0.29) is 6.03 Å². The minimum Gasteiger partial charge on any atom is -0.372 e. The molecule has 0 atom stereocenters. The Morgan fingerprint density at radius 1 is 1.00 bits per heavy atom. The number of carbonyl (C=O) groups excluding carboxylic acids is 1. The maximum Gasteiger partial charge on any atom is 0.323 e. The first kappa shape index (κ1) is 16.2. The van der Waals surface area contributed by atoms with Crippen LogP contribution in [0.1, 0.15) is 13.8 Å². The summed E-state index contributed by atoms with van der Waals surface area (Å²) in [4.78, 5) is 15.0. The molecule has 0 radical (unpaired) electrons. The molecule has 0 spiro atoms. The van der Waals surface area contributed by atoms with Crippen molar-refractivity contribution in [3.8, 4) is 0 Å². The topological polar surface area (TPSA) is 44.4 Å². The molecule has 0 heterocycles. The first-order valence-electron chi connectivity index (χ1n) is 7.35. The van der Waals surface area contributed by atoms with Crippen LogP contribution in [-0.2, 0) is 0 Å². The molecular weight excluding hydrogens is 294 g/mol. The summed E-state index contributed by atoms with van der Waals surface area (Å²) in [5.74, 6) is 0. The Morgan fingerprint density at radius 3 is 2.23 bits per heavy atom. The maximum absolute atomic E-state index is 12.0. The van der Waals surface area contributed by atoms with Gasteiger partial charge in [-0.2, -0.15) is 0 Å². The first-order chi connectivity index (χ1) is 10.6. The zero-order chi connectivity index (χ0) is 15.9. The van der Waals surface area contributed by atoms with Crippen LogP contribution in [0.3, 0.4) is 0 Å². The molecule has 0 aliphatic carbocycles.